The van der Waals surface area contributed by atoms with E-state index in [9.17, 15) is 9.90 Å². The van der Waals surface area contributed by atoms with Crippen molar-refractivity contribution in [2.45, 2.75) is 94.6 Å². The van der Waals surface area contributed by atoms with E-state index in [0.717, 1.165) is 68.1 Å². The van der Waals surface area contributed by atoms with Crippen molar-refractivity contribution in [1.29, 1.82) is 0 Å². The summed E-state index contributed by atoms with van der Waals surface area (Å²) in [6.07, 6.45) is 9.54. The number of carboxylic acids is 1. The number of halogens is 1. The van der Waals surface area contributed by atoms with E-state index in [1.807, 2.05) is 24.4 Å². The van der Waals surface area contributed by atoms with Crippen molar-refractivity contribution in [3.05, 3.63) is 76.1 Å². The van der Waals surface area contributed by atoms with Gasteiger partial charge in [-0.2, -0.15) is 0 Å². The normalized spacial score (nSPS) is 26.8. The van der Waals surface area contributed by atoms with Crippen molar-refractivity contribution in [2.24, 2.45) is 11.8 Å². The lowest BCUT2D eigenvalue weighted by Crippen LogP contribution is -2.53. The molecule has 280 valence electrons. The van der Waals surface area contributed by atoms with Crippen molar-refractivity contribution in [3.8, 4) is 17.2 Å². The highest BCUT2D eigenvalue weighted by Gasteiger charge is 2.54. The average Bonchev–Trinajstić information content (AvgIpc) is 3.40. The fraction of sp³-hybridized carbons (Fsp3) is 0.571. The van der Waals surface area contributed by atoms with E-state index < -0.39 is 11.5 Å². The maximum Gasteiger partial charge on any atom is 0.329 e. The van der Waals surface area contributed by atoms with Crippen LogP contribution in [0.15, 0.2) is 48.7 Å². The minimum Gasteiger partial charge on any atom is -0.493 e. The molecule has 1 fully saturated rings. The lowest BCUT2D eigenvalue weighted by molar-refractivity contribution is -0.144. The summed E-state index contributed by atoms with van der Waals surface area (Å²) in [5.74, 6) is 2.82. The van der Waals surface area contributed by atoms with Crippen LogP contribution in [0.4, 0.5) is 5.69 Å². The Morgan fingerprint density at radius 3 is 2.77 bits per heavy atom. The van der Waals surface area contributed by atoms with Crippen LogP contribution in [0.1, 0.15) is 87.1 Å². The van der Waals surface area contributed by atoms with Crippen LogP contribution >= 0.6 is 11.6 Å². The van der Waals surface area contributed by atoms with Crippen LogP contribution in [-0.2, 0) is 27.8 Å². The summed E-state index contributed by atoms with van der Waals surface area (Å²) in [4.78, 5) is 19.9. The third kappa shape index (κ3) is 7.46. The fourth-order valence-electron chi connectivity index (χ4n) is 9.49. The van der Waals surface area contributed by atoms with Crippen molar-refractivity contribution in [1.82, 2.24) is 9.88 Å². The number of likely N-dealkylation sites (N-methyl/N-ethyl adjacent to an activating group) is 1. The summed E-state index contributed by atoms with van der Waals surface area (Å²) in [5, 5.41) is 14.7. The molecule has 9 nitrogen and oxygen atoms in total. The van der Waals surface area contributed by atoms with Gasteiger partial charge in [-0.25, -0.2) is 4.79 Å². The summed E-state index contributed by atoms with van der Waals surface area (Å²) >= 11 is 6.30. The molecule has 1 aliphatic heterocycles. The molecule has 7 rings (SSSR count). The number of fused-ring (bicyclic) bond motifs is 4. The van der Waals surface area contributed by atoms with Crippen LogP contribution in [-0.4, -0.2) is 79.7 Å². The largest absolute Gasteiger partial charge is 0.493 e. The van der Waals surface area contributed by atoms with Gasteiger partial charge in [0, 0.05) is 48.4 Å². The Bertz CT molecular complexity index is 1740. The van der Waals surface area contributed by atoms with Crippen molar-refractivity contribution in [3.63, 3.8) is 0 Å². The van der Waals surface area contributed by atoms with Gasteiger partial charge in [-0.1, -0.05) is 31.5 Å². The molecule has 2 aromatic carbocycles. The minimum absolute atomic E-state index is 0.0905. The van der Waals surface area contributed by atoms with Gasteiger partial charge >= 0.3 is 5.97 Å². The highest BCUT2D eigenvalue weighted by molar-refractivity contribution is 6.30. The Morgan fingerprint density at radius 2 is 2.00 bits per heavy atom. The van der Waals surface area contributed by atoms with E-state index >= 15 is 0 Å². The maximum absolute atomic E-state index is 13.0. The molecule has 0 bridgehead atoms. The first kappa shape index (κ1) is 36.8. The molecule has 0 saturated heterocycles. The number of hydrogen-bond donors (Lipinski definition) is 2. The van der Waals surface area contributed by atoms with E-state index in [-0.39, 0.29) is 11.5 Å². The number of benzene rings is 2. The molecule has 0 amide bonds. The number of carbonyl (C=O) groups is 1. The Balaban J connectivity index is 1.14. The summed E-state index contributed by atoms with van der Waals surface area (Å²) in [6, 6.07) is 13.8. The molecule has 52 heavy (non-hydrogen) atoms. The lowest BCUT2D eigenvalue weighted by atomic mass is 9.59. The first-order valence-corrected chi connectivity index (χ1v) is 19.5. The highest BCUT2D eigenvalue weighted by Crippen LogP contribution is 2.58. The van der Waals surface area contributed by atoms with E-state index in [2.05, 4.69) is 48.2 Å². The van der Waals surface area contributed by atoms with Gasteiger partial charge in [0.15, 0.2) is 11.5 Å². The molecule has 4 aliphatic rings. The Labute approximate surface area is 313 Å². The topological polar surface area (TPSA) is 102 Å². The molecule has 2 unspecified atom stereocenters. The number of ether oxygens (including phenoxy) is 4. The van der Waals surface area contributed by atoms with Crippen molar-refractivity contribution in [2.75, 3.05) is 52.4 Å². The Morgan fingerprint density at radius 1 is 1.17 bits per heavy atom. The number of aromatic nitrogens is 1. The zero-order chi connectivity index (χ0) is 36.5. The van der Waals surface area contributed by atoms with Gasteiger partial charge in [-0.3, -0.25) is 4.98 Å². The van der Waals surface area contributed by atoms with Crippen molar-refractivity contribution >= 4 is 23.3 Å². The predicted octanol–water partition coefficient (Wildman–Crippen LogP) is 7.92. The van der Waals surface area contributed by atoms with Crippen LogP contribution in [0.2, 0.25) is 5.02 Å². The summed E-state index contributed by atoms with van der Waals surface area (Å²) in [6.45, 7) is 7.92. The smallest absolute Gasteiger partial charge is 0.329 e. The fourth-order valence-corrected chi connectivity index (χ4v) is 9.68. The lowest BCUT2D eigenvalue weighted by Gasteiger charge is -2.47. The van der Waals surface area contributed by atoms with Crippen LogP contribution in [0.5, 0.6) is 17.2 Å². The number of aliphatic carboxylic acids is 1. The van der Waals surface area contributed by atoms with Crippen LogP contribution in [0.3, 0.4) is 0 Å². The number of nitrogens with zero attached hydrogens (tertiary/aromatic N) is 2. The second-order valence-corrected chi connectivity index (χ2v) is 16.4. The van der Waals surface area contributed by atoms with Gasteiger partial charge in [-0.05, 0) is 136 Å². The molecule has 2 heterocycles. The number of pyridine rings is 1. The third-order valence-corrected chi connectivity index (χ3v) is 12.5. The van der Waals surface area contributed by atoms with Gasteiger partial charge in [0.2, 0.25) is 0 Å². The second kappa shape index (κ2) is 15.4. The molecule has 3 aromatic rings. The van der Waals surface area contributed by atoms with E-state index in [1.165, 1.54) is 35.2 Å². The molecule has 1 spiro atoms. The predicted molar refractivity (Wildman–Crippen MR) is 203 cm³/mol. The number of anilines is 1. The van der Waals surface area contributed by atoms with Gasteiger partial charge in [0.25, 0.3) is 0 Å². The van der Waals surface area contributed by atoms with Gasteiger partial charge < -0.3 is 34.3 Å². The molecular weight excluding hydrogens is 678 g/mol. The monoisotopic (exact) mass is 731 g/mol. The van der Waals surface area contributed by atoms with Crippen LogP contribution in [0, 0.1) is 11.8 Å². The SMILES string of the molecule is COCCN(C)CC1COc2cc3c(cc2O1)C1(CCC(Nc2cccc(Cl)c2)(C(=O)O)CC1)C(C[C@@H](C)COc1ccnc2c1[C@H](C)CCC2)C3. The van der Waals surface area contributed by atoms with Gasteiger partial charge in [-0.15, -0.1) is 0 Å². The van der Waals surface area contributed by atoms with Gasteiger partial charge in [0.1, 0.15) is 24.0 Å². The van der Waals surface area contributed by atoms with Gasteiger partial charge in [0.05, 0.1) is 13.2 Å². The highest BCUT2D eigenvalue weighted by atomic mass is 35.5. The Kier molecular flexibility index (Phi) is 10.9. The summed E-state index contributed by atoms with van der Waals surface area (Å²) in [5.41, 5.74) is 4.50. The first-order valence-electron chi connectivity index (χ1n) is 19.1. The first-order chi connectivity index (χ1) is 25.1. The number of rotatable bonds is 13. The van der Waals surface area contributed by atoms with Crippen LogP contribution in [0.25, 0.3) is 0 Å². The molecule has 0 radical (unpaired) electrons. The molecule has 3 aliphatic carbocycles. The van der Waals surface area contributed by atoms with E-state index in [1.54, 1.807) is 19.2 Å². The number of hydrogen-bond acceptors (Lipinski definition) is 8. The zero-order valence-corrected chi connectivity index (χ0v) is 31.8. The van der Waals surface area contributed by atoms with E-state index in [4.69, 9.17) is 30.5 Å². The zero-order valence-electron chi connectivity index (χ0n) is 31.1. The van der Waals surface area contributed by atoms with Crippen LogP contribution < -0.4 is 19.5 Å². The number of aryl methyl sites for hydroxylation is 1. The molecule has 1 saturated carbocycles. The molecule has 1 aromatic heterocycles. The molecule has 4 atom stereocenters. The molecule has 10 heteroatoms. The number of nitrogens with one attached hydrogen (secondary N) is 1. The number of carboxylic acid groups (broad SMARTS) is 1. The quantitative estimate of drug-likeness (QED) is 0.182. The maximum atomic E-state index is 13.0. The molecule has 2 N–H and O–H groups in total. The minimum atomic E-state index is -1.08. The third-order valence-electron chi connectivity index (χ3n) is 12.3. The number of methoxy groups -OCH3 is 1. The second-order valence-electron chi connectivity index (χ2n) is 16.0. The van der Waals surface area contributed by atoms with E-state index in [0.29, 0.717) is 55.4 Å². The Hall–Kier alpha value is -3.53. The van der Waals surface area contributed by atoms with Crippen molar-refractivity contribution < 1.29 is 28.8 Å². The average molecular weight is 732 g/mol. The summed E-state index contributed by atoms with van der Waals surface area (Å²) in [7, 11) is 3.79. The standard InChI is InChI=1S/C42H54ClN3O6/c1-27(25-50-36-11-16-44-35-10-5-7-28(2)39(35)36)19-30-20-29-21-37-38(52-33(26-51-37)24-46(3)17-18-49-4)23-34(29)41(30)12-14-42(15-13-41,40(47)48)45-32-9-6-8-31(43)22-32/h6,8-9,11,16,21-23,27-28,30,33,45H,5,7,10,12-15,17-20,24-26H2,1-4H3,(H,47,48)/t27-,28-,30?,33?,41?,42?/m1/s1. The molecular formula is C42H54ClN3O6. The summed E-state index contributed by atoms with van der Waals surface area (Å²) < 4.78 is 24.8.